The standard InChI is InChI=1S/C27H33NO4/c1-26(2,3)17-27(30)12-18-14-31-15-19(13-27)28(18)25(29)32-16-24-22-10-6-4-8-20(22)21-9-5-7-11-23(21)24/h4-11,18-19,24,30H,12-17H2,1-3H3. The molecule has 0 radical (unpaired) electrons. The van der Waals surface area contributed by atoms with E-state index < -0.39 is 5.60 Å². The van der Waals surface area contributed by atoms with Gasteiger partial charge in [-0.3, -0.25) is 4.90 Å². The molecule has 0 spiro atoms. The fraction of sp³-hybridized carbons (Fsp3) is 0.519. The Bertz CT molecular complexity index is 951. The van der Waals surface area contributed by atoms with Crippen LogP contribution >= 0.6 is 0 Å². The molecule has 1 aliphatic carbocycles. The molecule has 0 aromatic heterocycles. The van der Waals surface area contributed by atoms with Gasteiger partial charge in [-0.15, -0.1) is 0 Å². The number of rotatable bonds is 3. The SMILES string of the molecule is CC(C)(C)CC1(O)CC2COCC(C1)N2C(=O)OCC1c2ccccc2-c2ccccc21. The molecule has 0 saturated carbocycles. The average Bonchev–Trinajstić information content (AvgIpc) is 3.04. The Morgan fingerprint density at radius 1 is 1.03 bits per heavy atom. The lowest BCUT2D eigenvalue weighted by atomic mass is 9.72. The lowest BCUT2D eigenvalue weighted by Crippen LogP contribution is -2.64. The maximum Gasteiger partial charge on any atom is 0.410 e. The predicted octanol–water partition coefficient (Wildman–Crippen LogP) is 4.97. The van der Waals surface area contributed by atoms with E-state index in [0.717, 1.165) is 0 Å². The Kier molecular flexibility index (Phi) is 5.30. The number of fused-ring (bicyclic) bond motifs is 5. The van der Waals surface area contributed by atoms with E-state index in [0.29, 0.717) is 39.1 Å². The summed E-state index contributed by atoms with van der Waals surface area (Å²) in [5.41, 5.74) is 4.12. The molecule has 2 fully saturated rings. The van der Waals surface area contributed by atoms with Crippen LogP contribution in [0.1, 0.15) is 57.1 Å². The predicted molar refractivity (Wildman–Crippen MR) is 124 cm³/mol. The van der Waals surface area contributed by atoms with E-state index in [9.17, 15) is 9.90 Å². The minimum Gasteiger partial charge on any atom is -0.448 e. The van der Waals surface area contributed by atoms with Crippen LogP contribution in [0, 0.1) is 5.41 Å². The van der Waals surface area contributed by atoms with Crippen molar-refractivity contribution in [3.8, 4) is 11.1 Å². The van der Waals surface area contributed by atoms with Gasteiger partial charge in [0.15, 0.2) is 0 Å². The fourth-order valence-electron chi connectivity index (χ4n) is 6.17. The van der Waals surface area contributed by atoms with Gasteiger partial charge in [0.2, 0.25) is 0 Å². The number of aliphatic hydroxyl groups is 1. The van der Waals surface area contributed by atoms with Crippen molar-refractivity contribution >= 4 is 6.09 Å². The Labute approximate surface area is 190 Å². The lowest BCUT2D eigenvalue weighted by molar-refractivity contribution is -0.142. The van der Waals surface area contributed by atoms with E-state index in [1.165, 1.54) is 22.3 Å². The summed E-state index contributed by atoms with van der Waals surface area (Å²) >= 11 is 0. The summed E-state index contributed by atoms with van der Waals surface area (Å²) in [5, 5.41) is 11.3. The Morgan fingerprint density at radius 2 is 1.56 bits per heavy atom. The molecular weight excluding hydrogens is 402 g/mol. The molecule has 2 unspecified atom stereocenters. The molecular formula is C27H33NO4. The zero-order valence-electron chi connectivity index (χ0n) is 19.2. The van der Waals surface area contributed by atoms with Gasteiger partial charge >= 0.3 is 6.09 Å². The van der Waals surface area contributed by atoms with Gasteiger partial charge in [-0.2, -0.15) is 0 Å². The number of amides is 1. The molecule has 2 saturated heterocycles. The molecule has 1 N–H and O–H groups in total. The normalized spacial score (nSPS) is 27.1. The summed E-state index contributed by atoms with van der Waals surface area (Å²) in [6.07, 6.45) is 1.49. The number of hydrogen-bond acceptors (Lipinski definition) is 4. The van der Waals surface area contributed by atoms with E-state index in [2.05, 4.69) is 57.2 Å². The largest absolute Gasteiger partial charge is 0.448 e. The van der Waals surface area contributed by atoms with Crippen LogP contribution in [0.5, 0.6) is 0 Å². The van der Waals surface area contributed by atoms with Gasteiger partial charge in [0.1, 0.15) is 6.61 Å². The van der Waals surface area contributed by atoms with Crippen molar-refractivity contribution < 1.29 is 19.4 Å². The highest BCUT2D eigenvalue weighted by Crippen LogP contribution is 2.45. The zero-order valence-corrected chi connectivity index (χ0v) is 19.2. The summed E-state index contributed by atoms with van der Waals surface area (Å²) in [6, 6.07) is 16.4. The van der Waals surface area contributed by atoms with Gasteiger partial charge in [-0.05, 0) is 46.9 Å². The molecule has 5 nitrogen and oxygen atoms in total. The highest BCUT2D eigenvalue weighted by molar-refractivity contribution is 5.79. The topological polar surface area (TPSA) is 59.0 Å². The van der Waals surface area contributed by atoms with Crippen LogP contribution in [0.25, 0.3) is 11.1 Å². The Morgan fingerprint density at radius 3 is 2.09 bits per heavy atom. The molecule has 170 valence electrons. The zero-order chi connectivity index (χ0) is 22.5. The lowest BCUT2D eigenvalue weighted by Gasteiger charge is -2.52. The van der Waals surface area contributed by atoms with Crippen molar-refractivity contribution in [1.82, 2.24) is 4.90 Å². The molecule has 32 heavy (non-hydrogen) atoms. The summed E-state index contributed by atoms with van der Waals surface area (Å²) < 4.78 is 11.7. The monoisotopic (exact) mass is 435 g/mol. The summed E-state index contributed by atoms with van der Waals surface area (Å²) in [7, 11) is 0. The van der Waals surface area contributed by atoms with Gasteiger partial charge < -0.3 is 14.6 Å². The minimum absolute atomic E-state index is 0.0236. The maximum absolute atomic E-state index is 13.3. The van der Waals surface area contributed by atoms with Crippen LogP contribution in [0.4, 0.5) is 4.79 Å². The number of ether oxygens (including phenoxy) is 2. The van der Waals surface area contributed by atoms with E-state index in [4.69, 9.17) is 9.47 Å². The minimum atomic E-state index is -0.766. The second-order valence-corrected chi connectivity index (χ2v) is 10.9. The highest BCUT2D eigenvalue weighted by atomic mass is 16.6. The van der Waals surface area contributed by atoms with Crippen LogP contribution in [0.3, 0.4) is 0 Å². The third-order valence-electron chi connectivity index (χ3n) is 7.04. The molecule has 2 heterocycles. The molecule has 2 aliphatic heterocycles. The van der Waals surface area contributed by atoms with Gasteiger partial charge in [0.25, 0.3) is 0 Å². The second-order valence-electron chi connectivity index (χ2n) is 10.9. The van der Waals surface area contributed by atoms with Crippen molar-refractivity contribution in [2.24, 2.45) is 5.41 Å². The number of hydrogen-bond donors (Lipinski definition) is 1. The molecule has 1 amide bonds. The van der Waals surface area contributed by atoms with E-state index >= 15 is 0 Å². The molecule has 5 heteroatoms. The molecule has 2 atom stereocenters. The summed E-state index contributed by atoms with van der Waals surface area (Å²) in [5.74, 6) is 0.0463. The third kappa shape index (κ3) is 3.93. The number of piperidine rings is 1. The summed E-state index contributed by atoms with van der Waals surface area (Å²) in [4.78, 5) is 15.1. The number of carbonyl (C=O) groups excluding carboxylic acids is 1. The van der Waals surface area contributed by atoms with Gasteiger partial charge in [0.05, 0.1) is 30.9 Å². The first-order valence-electron chi connectivity index (χ1n) is 11.7. The Hall–Kier alpha value is -2.37. The van der Waals surface area contributed by atoms with E-state index in [-0.39, 0.29) is 29.5 Å². The molecule has 2 aromatic carbocycles. The first kappa shape index (κ1) is 21.5. The van der Waals surface area contributed by atoms with Crippen molar-refractivity contribution in [2.75, 3.05) is 19.8 Å². The number of morpholine rings is 1. The van der Waals surface area contributed by atoms with Gasteiger partial charge in [-0.25, -0.2) is 4.79 Å². The smallest absolute Gasteiger partial charge is 0.410 e. The number of carbonyl (C=O) groups is 1. The molecule has 2 aromatic rings. The van der Waals surface area contributed by atoms with Crippen molar-refractivity contribution in [3.05, 3.63) is 59.7 Å². The fourth-order valence-corrected chi connectivity index (χ4v) is 6.17. The highest BCUT2D eigenvalue weighted by Gasteiger charge is 2.49. The van der Waals surface area contributed by atoms with Crippen LogP contribution < -0.4 is 0 Å². The maximum atomic E-state index is 13.3. The first-order valence-corrected chi connectivity index (χ1v) is 11.7. The van der Waals surface area contributed by atoms with Crippen LogP contribution in [0.15, 0.2) is 48.5 Å². The van der Waals surface area contributed by atoms with E-state index in [1.54, 1.807) is 0 Å². The van der Waals surface area contributed by atoms with Crippen molar-refractivity contribution in [3.63, 3.8) is 0 Å². The molecule has 2 bridgehead atoms. The molecule has 5 rings (SSSR count). The summed E-state index contributed by atoms with van der Waals surface area (Å²) in [6.45, 7) is 7.66. The van der Waals surface area contributed by atoms with Crippen molar-refractivity contribution in [1.29, 1.82) is 0 Å². The number of benzene rings is 2. The second kappa shape index (κ2) is 7.89. The quantitative estimate of drug-likeness (QED) is 0.740. The first-order chi connectivity index (χ1) is 15.2. The average molecular weight is 436 g/mol. The van der Waals surface area contributed by atoms with Crippen LogP contribution in [-0.2, 0) is 9.47 Å². The third-order valence-corrected chi connectivity index (χ3v) is 7.04. The van der Waals surface area contributed by atoms with Crippen molar-refractivity contribution in [2.45, 2.75) is 63.6 Å². The number of nitrogens with zero attached hydrogens (tertiary/aromatic N) is 1. The van der Waals surface area contributed by atoms with Crippen LogP contribution in [-0.4, -0.2) is 53.6 Å². The van der Waals surface area contributed by atoms with Gasteiger partial charge in [-0.1, -0.05) is 69.3 Å². The Balaban J connectivity index is 1.31. The van der Waals surface area contributed by atoms with Crippen LogP contribution in [0.2, 0.25) is 0 Å². The molecule has 3 aliphatic rings. The van der Waals surface area contributed by atoms with E-state index in [1.807, 2.05) is 17.0 Å². The van der Waals surface area contributed by atoms with Gasteiger partial charge in [0, 0.05) is 5.92 Å².